The largest absolute Gasteiger partial charge is 0.479 e. The maximum absolute atomic E-state index is 14.1. The van der Waals surface area contributed by atoms with E-state index < -0.39 is 28.4 Å². The number of halogens is 1. The van der Waals surface area contributed by atoms with E-state index in [1.54, 1.807) is 17.9 Å². The Morgan fingerprint density at radius 1 is 1.44 bits per heavy atom. The third-order valence-corrected chi connectivity index (χ3v) is 6.25. The number of hydrogen-bond acceptors (Lipinski definition) is 6. The zero-order valence-electron chi connectivity index (χ0n) is 14.6. The van der Waals surface area contributed by atoms with Gasteiger partial charge in [0.15, 0.2) is 18.2 Å². The molecule has 0 saturated carbocycles. The van der Waals surface area contributed by atoms with Crippen LogP contribution in [0.3, 0.4) is 0 Å². The molecular formula is C16H19FN4O5S. The number of ether oxygens (including phenoxy) is 1. The van der Waals surface area contributed by atoms with E-state index in [2.05, 4.69) is 10.2 Å². The van der Waals surface area contributed by atoms with E-state index in [4.69, 9.17) is 9.84 Å². The van der Waals surface area contributed by atoms with Crippen LogP contribution in [-0.4, -0.2) is 58.3 Å². The summed E-state index contributed by atoms with van der Waals surface area (Å²) in [6.07, 6.45) is 3.00. The van der Waals surface area contributed by atoms with Crippen molar-refractivity contribution in [2.45, 2.75) is 23.7 Å². The summed E-state index contributed by atoms with van der Waals surface area (Å²) in [6.45, 7) is -0.155. The molecule has 0 bridgehead atoms. The molecule has 1 aliphatic rings. The van der Waals surface area contributed by atoms with Crippen LogP contribution in [0.1, 0.15) is 24.6 Å². The van der Waals surface area contributed by atoms with Crippen LogP contribution in [0, 0.1) is 5.82 Å². The smallest absolute Gasteiger partial charge is 0.341 e. The molecular weight excluding hydrogens is 379 g/mol. The van der Waals surface area contributed by atoms with Crippen molar-refractivity contribution in [3.63, 3.8) is 0 Å². The Balaban J connectivity index is 1.80. The standard InChI is InChI=1S/C16H19FN4O5S/c1-20-10-18-19-16(20)11-3-2-6-21(8-11)27(24,25)12-4-5-14(13(17)7-12)26-9-15(22)23/h4-5,7,10-11H,2-3,6,8-9H2,1H3,(H,22,23). The number of hydrogen-bond donors (Lipinski definition) is 1. The predicted molar refractivity (Wildman–Crippen MR) is 91.3 cm³/mol. The molecule has 0 aliphatic carbocycles. The highest BCUT2D eigenvalue weighted by atomic mass is 32.2. The van der Waals surface area contributed by atoms with Gasteiger partial charge in [0.2, 0.25) is 10.0 Å². The Labute approximate surface area is 155 Å². The maximum atomic E-state index is 14.1. The number of sulfonamides is 1. The molecule has 1 N–H and O–H groups in total. The molecule has 1 saturated heterocycles. The van der Waals surface area contributed by atoms with Gasteiger partial charge in [-0.25, -0.2) is 17.6 Å². The van der Waals surface area contributed by atoms with Crippen molar-refractivity contribution in [1.29, 1.82) is 0 Å². The number of benzene rings is 1. The highest BCUT2D eigenvalue weighted by Gasteiger charge is 2.33. The lowest BCUT2D eigenvalue weighted by Gasteiger charge is -2.31. The van der Waals surface area contributed by atoms with E-state index in [1.807, 2.05) is 0 Å². The number of carbonyl (C=O) groups is 1. The molecule has 1 aromatic carbocycles. The minimum Gasteiger partial charge on any atom is -0.479 e. The summed E-state index contributed by atoms with van der Waals surface area (Å²) in [6, 6.07) is 3.18. The fourth-order valence-electron chi connectivity index (χ4n) is 3.08. The van der Waals surface area contributed by atoms with Gasteiger partial charge in [-0.15, -0.1) is 10.2 Å². The van der Waals surface area contributed by atoms with Crippen LogP contribution in [0.25, 0.3) is 0 Å². The van der Waals surface area contributed by atoms with Crippen LogP contribution < -0.4 is 4.74 Å². The second-order valence-corrected chi connectivity index (χ2v) is 8.21. The van der Waals surface area contributed by atoms with Crippen molar-refractivity contribution in [3.05, 3.63) is 36.2 Å². The molecule has 3 rings (SSSR count). The minimum absolute atomic E-state index is 0.0935. The molecule has 9 nitrogen and oxygen atoms in total. The second-order valence-electron chi connectivity index (χ2n) is 6.28. The quantitative estimate of drug-likeness (QED) is 0.771. The highest BCUT2D eigenvalue weighted by Crippen LogP contribution is 2.30. The van der Waals surface area contributed by atoms with Crippen LogP contribution >= 0.6 is 0 Å². The summed E-state index contributed by atoms with van der Waals surface area (Å²) in [5.41, 5.74) is 0. The number of carboxylic acids is 1. The minimum atomic E-state index is -3.91. The summed E-state index contributed by atoms with van der Waals surface area (Å²) >= 11 is 0. The fraction of sp³-hybridized carbons (Fsp3) is 0.438. The predicted octanol–water partition coefficient (Wildman–Crippen LogP) is 0.986. The molecule has 27 heavy (non-hydrogen) atoms. The highest BCUT2D eigenvalue weighted by molar-refractivity contribution is 7.89. The Bertz CT molecular complexity index is 946. The van der Waals surface area contributed by atoms with Gasteiger partial charge < -0.3 is 14.4 Å². The Hall–Kier alpha value is -2.53. The second kappa shape index (κ2) is 7.61. The van der Waals surface area contributed by atoms with Gasteiger partial charge in [0.05, 0.1) is 4.90 Å². The third kappa shape index (κ3) is 4.08. The first-order valence-corrected chi connectivity index (χ1v) is 9.71. The van der Waals surface area contributed by atoms with Gasteiger partial charge in [-0.2, -0.15) is 4.31 Å². The first kappa shape index (κ1) is 19.2. The van der Waals surface area contributed by atoms with Gasteiger partial charge in [0.25, 0.3) is 0 Å². The van der Waals surface area contributed by atoms with Gasteiger partial charge in [-0.1, -0.05) is 0 Å². The summed E-state index contributed by atoms with van der Waals surface area (Å²) < 4.78 is 47.8. The van der Waals surface area contributed by atoms with Crippen molar-refractivity contribution in [2.24, 2.45) is 7.05 Å². The third-order valence-electron chi connectivity index (χ3n) is 4.39. The summed E-state index contributed by atoms with van der Waals surface area (Å²) in [4.78, 5) is 10.3. The molecule has 2 heterocycles. The van der Waals surface area contributed by atoms with E-state index in [-0.39, 0.29) is 23.1 Å². The molecule has 11 heteroatoms. The Morgan fingerprint density at radius 2 is 2.22 bits per heavy atom. The first-order valence-electron chi connectivity index (χ1n) is 8.27. The molecule has 2 aromatic rings. The number of aromatic nitrogens is 3. The van der Waals surface area contributed by atoms with Gasteiger partial charge >= 0.3 is 5.97 Å². The fourth-order valence-corrected chi connectivity index (χ4v) is 4.62. The van der Waals surface area contributed by atoms with Crippen LogP contribution in [0.5, 0.6) is 5.75 Å². The summed E-state index contributed by atoms with van der Waals surface area (Å²) in [5.74, 6) is -1.89. The normalized spacial score (nSPS) is 18.4. The number of piperidine rings is 1. The number of rotatable bonds is 6. The zero-order valence-corrected chi connectivity index (χ0v) is 15.4. The van der Waals surface area contributed by atoms with Crippen LogP contribution in [-0.2, 0) is 21.9 Å². The Morgan fingerprint density at radius 3 is 2.85 bits per heavy atom. The van der Waals surface area contributed by atoms with E-state index in [0.29, 0.717) is 18.8 Å². The molecule has 146 valence electrons. The molecule has 1 aromatic heterocycles. The van der Waals surface area contributed by atoms with Gasteiger partial charge in [0, 0.05) is 26.1 Å². The van der Waals surface area contributed by atoms with Crippen molar-refractivity contribution in [3.8, 4) is 5.75 Å². The number of aryl methyl sites for hydroxylation is 1. The lowest BCUT2D eigenvalue weighted by atomic mass is 9.99. The Kier molecular flexibility index (Phi) is 5.42. The molecule has 0 spiro atoms. The number of carboxylic acid groups (broad SMARTS) is 1. The molecule has 1 fully saturated rings. The average Bonchev–Trinajstić information content (AvgIpc) is 3.06. The zero-order chi connectivity index (χ0) is 19.6. The monoisotopic (exact) mass is 398 g/mol. The van der Waals surface area contributed by atoms with Crippen molar-refractivity contribution in [1.82, 2.24) is 19.1 Å². The van der Waals surface area contributed by atoms with Crippen LogP contribution in [0.4, 0.5) is 4.39 Å². The van der Waals surface area contributed by atoms with Crippen LogP contribution in [0.2, 0.25) is 0 Å². The van der Waals surface area contributed by atoms with Crippen molar-refractivity contribution in [2.75, 3.05) is 19.7 Å². The van der Waals surface area contributed by atoms with Gasteiger partial charge in [0.1, 0.15) is 12.2 Å². The molecule has 1 atom stereocenters. The maximum Gasteiger partial charge on any atom is 0.341 e. The molecule has 1 aliphatic heterocycles. The SMILES string of the molecule is Cn1cnnc1C1CCCN(S(=O)(=O)c2ccc(OCC(=O)O)c(F)c2)C1. The topological polar surface area (TPSA) is 115 Å². The lowest BCUT2D eigenvalue weighted by molar-refractivity contribution is -0.139. The first-order chi connectivity index (χ1) is 12.8. The molecule has 0 radical (unpaired) electrons. The summed E-state index contributed by atoms with van der Waals surface area (Å²) in [7, 11) is -2.11. The van der Waals surface area contributed by atoms with E-state index in [0.717, 1.165) is 18.6 Å². The van der Waals surface area contributed by atoms with E-state index in [9.17, 15) is 17.6 Å². The molecule has 1 unspecified atom stereocenters. The summed E-state index contributed by atoms with van der Waals surface area (Å²) in [5, 5.41) is 16.5. The van der Waals surface area contributed by atoms with E-state index in [1.165, 1.54) is 10.4 Å². The van der Waals surface area contributed by atoms with Gasteiger partial charge in [-0.3, -0.25) is 0 Å². The average molecular weight is 398 g/mol. The van der Waals surface area contributed by atoms with Crippen molar-refractivity contribution < 1.29 is 27.4 Å². The van der Waals surface area contributed by atoms with Crippen LogP contribution in [0.15, 0.2) is 29.4 Å². The number of aliphatic carboxylic acids is 1. The van der Waals surface area contributed by atoms with E-state index >= 15 is 0 Å². The molecule has 0 amide bonds. The van der Waals surface area contributed by atoms with Gasteiger partial charge in [-0.05, 0) is 31.0 Å². The lowest BCUT2D eigenvalue weighted by Crippen LogP contribution is -2.39. The number of nitrogens with zero attached hydrogens (tertiary/aromatic N) is 4. The van der Waals surface area contributed by atoms with Crippen molar-refractivity contribution >= 4 is 16.0 Å².